The number of hydrogen-bond acceptors (Lipinski definition) is 2. The summed E-state index contributed by atoms with van der Waals surface area (Å²) in [5.74, 6) is -0.487. The van der Waals surface area contributed by atoms with E-state index in [1.54, 1.807) is 0 Å². The zero-order valence-electron chi connectivity index (χ0n) is 7.82. The summed E-state index contributed by atoms with van der Waals surface area (Å²) in [6, 6.07) is 0. The fourth-order valence-corrected chi connectivity index (χ4v) is 1.61. The second kappa shape index (κ2) is 3.48. The topological polar surface area (TPSA) is 18.5 Å². The molecule has 2 heteroatoms. The molecular weight excluding hydrogens is 164 g/mol. The van der Waals surface area contributed by atoms with Gasteiger partial charge in [-0.25, -0.2) is 0 Å². The van der Waals surface area contributed by atoms with E-state index in [9.17, 15) is 0 Å². The van der Waals surface area contributed by atoms with Gasteiger partial charge in [0.25, 0.3) is 0 Å². The van der Waals surface area contributed by atoms with Crippen molar-refractivity contribution < 1.29 is 9.47 Å². The third kappa shape index (κ3) is 1.74. The van der Waals surface area contributed by atoms with E-state index in [0.717, 1.165) is 6.42 Å². The average molecular weight is 178 g/mol. The molecule has 0 spiro atoms. The van der Waals surface area contributed by atoms with E-state index in [0.29, 0.717) is 13.2 Å². The van der Waals surface area contributed by atoms with Crippen LogP contribution < -0.4 is 0 Å². The number of ether oxygens (including phenoxy) is 2. The van der Waals surface area contributed by atoms with Crippen LogP contribution in [0.1, 0.15) is 13.3 Å². The van der Waals surface area contributed by atoms with Crippen molar-refractivity contribution in [1.29, 1.82) is 0 Å². The van der Waals surface area contributed by atoms with Crippen LogP contribution in [0.3, 0.4) is 0 Å². The molecule has 1 fully saturated rings. The zero-order valence-corrected chi connectivity index (χ0v) is 7.82. The van der Waals surface area contributed by atoms with Gasteiger partial charge in [-0.1, -0.05) is 30.4 Å². The van der Waals surface area contributed by atoms with Crippen molar-refractivity contribution in [2.45, 2.75) is 19.1 Å². The van der Waals surface area contributed by atoms with Gasteiger partial charge < -0.3 is 9.47 Å². The molecule has 0 N–H and O–H groups in total. The summed E-state index contributed by atoms with van der Waals surface area (Å²) >= 11 is 0. The van der Waals surface area contributed by atoms with Gasteiger partial charge in [-0.3, -0.25) is 0 Å². The van der Waals surface area contributed by atoms with Crippen molar-refractivity contribution in [2.75, 3.05) is 13.2 Å². The summed E-state index contributed by atoms with van der Waals surface area (Å²) in [7, 11) is 0. The Hall–Kier alpha value is -0.860. The molecule has 2 rings (SSSR count). The fraction of sp³-hybridized carbons (Fsp3) is 0.455. The Balaban J connectivity index is 2.19. The van der Waals surface area contributed by atoms with Crippen LogP contribution >= 0.6 is 0 Å². The maximum Gasteiger partial charge on any atom is 0.188 e. The molecule has 1 saturated heterocycles. The van der Waals surface area contributed by atoms with E-state index in [4.69, 9.17) is 9.47 Å². The molecule has 0 amide bonds. The summed E-state index contributed by atoms with van der Waals surface area (Å²) in [6.45, 7) is 3.38. The Morgan fingerprint density at radius 2 is 1.92 bits per heavy atom. The SMILES string of the molecule is CC1(C2=CC=CC=CC2)OCCO1. The van der Waals surface area contributed by atoms with E-state index in [1.807, 2.05) is 25.2 Å². The van der Waals surface area contributed by atoms with E-state index in [-0.39, 0.29) is 0 Å². The molecule has 2 aliphatic rings. The monoisotopic (exact) mass is 178 g/mol. The molecule has 2 nitrogen and oxygen atoms in total. The molecule has 1 heterocycles. The first-order chi connectivity index (χ1) is 6.31. The minimum Gasteiger partial charge on any atom is -0.344 e. The van der Waals surface area contributed by atoms with Gasteiger partial charge in [-0.15, -0.1) is 0 Å². The predicted molar refractivity (Wildman–Crippen MR) is 51.3 cm³/mol. The van der Waals surface area contributed by atoms with Crippen molar-refractivity contribution in [2.24, 2.45) is 0 Å². The first kappa shape index (κ1) is 8.73. The average Bonchev–Trinajstić information content (AvgIpc) is 2.44. The highest BCUT2D eigenvalue weighted by Crippen LogP contribution is 2.30. The second-order valence-electron chi connectivity index (χ2n) is 3.35. The molecule has 70 valence electrons. The van der Waals surface area contributed by atoms with E-state index >= 15 is 0 Å². The second-order valence-corrected chi connectivity index (χ2v) is 3.35. The van der Waals surface area contributed by atoms with Crippen LogP contribution in [-0.4, -0.2) is 19.0 Å². The molecule has 0 radical (unpaired) electrons. The third-order valence-corrected chi connectivity index (χ3v) is 2.42. The summed E-state index contributed by atoms with van der Waals surface area (Å²) in [6.07, 6.45) is 11.2. The van der Waals surface area contributed by atoms with Crippen LogP contribution in [0.15, 0.2) is 36.0 Å². The molecule has 0 unspecified atom stereocenters. The molecule has 0 bridgehead atoms. The van der Waals surface area contributed by atoms with Gasteiger partial charge in [0.1, 0.15) is 0 Å². The third-order valence-electron chi connectivity index (χ3n) is 2.42. The van der Waals surface area contributed by atoms with Gasteiger partial charge in [-0.05, 0) is 18.9 Å². The lowest BCUT2D eigenvalue weighted by molar-refractivity contribution is -0.111. The highest BCUT2D eigenvalue weighted by Gasteiger charge is 2.34. The highest BCUT2D eigenvalue weighted by molar-refractivity contribution is 5.27. The fourth-order valence-electron chi connectivity index (χ4n) is 1.61. The summed E-state index contributed by atoms with van der Waals surface area (Å²) < 4.78 is 11.2. The standard InChI is InChI=1S/C11H14O2/c1-11(12-8-9-13-11)10-6-4-2-3-5-7-10/h2-6H,7-9H2,1H3. The minimum atomic E-state index is -0.487. The van der Waals surface area contributed by atoms with E-state index < -0.39 is 5.79 Å². The Kier molecular flexibility index (Phi) is 2.34. The zero-order chi connectivity index (χ0) is 9.15. The molecule has 0 aromatic heterocycles. The van der Waals surface area contributed by atoms with Crippen molar-refractivity contribution >= 4 is 0 Å². The maximum absolute atomic E-state index is 5.58. The summed E-state index contributed by atoms with van der Waals surface area (Å²) in [4.78, 5) is 0. The van der Waals surface area contributed by atoms with Crippen LogP contribution in [0.4, 0.5) is 0 Å². The maximum atomic E-state index is 5.58. The Morgan fingerprint density at radius 1 is 1.15 bits per heavy atom. The van der Waals surface area contributed by atoms with Gasteiger partial charge in [0.05, 0.1) is 13.2 Å². The molecule has 1 aliphatic carbocycles. The largest absolute Gasteiger partial charge is 0.344 e. The van der Waals surface area contributed by atoms with Crippen LogP contribution in [0.25, 0.3) is 0 Å². The lowest BCUT2D eigenvalue weighted by Gasteiger charge is -2.24. The first-order valence-corrected chi connectivity index (χ1v) is 4.62. The Labute approximate surface area is 78.5 Å². The number of allylic oxidation sites excluding steroid dienone is 5. The van der Waals surface area contributed by atoms with Gasteiger partial charge in [0.15, 0.2) is 5.79 Å². The molecule has 0 saturated carbocycles. The number of hydrogen-bond donors (Lipinski definition) is 0. The Bertz CT molecular complexity index is 268. The molecular formula is C11H14O2. The van der Waals surface area contributed by atoms with Crippen LogP contribution in [0.5, 0.6) is 0 Å². The lowest BCUT2D eigenvalue weighted by Crippen LogP contribution is -2.28. The number of rotatable bonds is 1. The van der Waals surface area contributed by atoms with Gasteiger partial charge in [0.2, 0.25) is 0 Å². The van der Waals surface area contributed by atoms with Crippen molar-refractivity contribution in [3.8, 4) is 0 Å². The highest BCUT2D eigenvalue weighted by atomic mass is 16.7. The normalized spacial score (nSPS) is 25.8. The minimum absolute atomic E-state index is 0.487. The van der Waals surface area contributed by atoms with Crippen molar-refractivity contribution in [3.05, 3.63) is 36.0 Å². The van der Waals surface area contributed by atoms with E-state index in [2.05, 4.69) is 12.2 Å². The smallest absolute Gasteiger partial charge is 0.188 e. The quantitative estimate of drug-likeness (QED) is 0.612. The van der Waals surface area contributed by atoms with Crippen LogP contribution in [-0.2, 0) is 9.47 Å². The van der Waals surface area contributed by atoms with Crippen LogP contribution in [0, 0.1) is 0 Å². The molecule has 0 aromatic rings. The Morgan fingerprint density at radius 3 is 2.69 bits per heavy atom. The van der Waals surface area contributed by atoms with E-state index in [1.165, 1.54) is 5.57 Å². The van der Waals surface area contributed by atoms with Gasteiger partial charge in [-0.2, -0.15) is 0 Å². The molecule has 0 atom stereocenters. The van der Waals surface area contributed by atoms with Gasteiger partial charge in [0, 0.05) is 0 Å². The van der Waals surface area contributed by atoms with Crippen molar-refractivity contribution in [3.63, 3.8) is 0 Å². The van der Waals surface area contributed by atoms with Crippen molar-refractivity contribution in [1.82, 2.24) is 0 Å². The predicted octanol–water partition coefficient (Wildman–Crippen LogP) is 2.19. The molecule has 1 aliphatic heterocycles. The first-order valence-electron chi connectivity index (χ1n) is 4.62. The summed E-state index contributed by atoms with van der Waals surface area (Å²) in [5.41, 5.74) is 1.19. The lowest BCUT2D eigenvalue weighted by atomic mass is 10.0. The molecule has 0 aromatic carbocycles. The molecule has 13 heavy (non-hydrogen) atoms. The summed E-state index contributed by atoms with van der Waals surface area (Å²) in [5, 5.41) is 0. The van der Waals surface area contributed by atoms with Gasteiger partial charge >= 0.3 is 0 Å². The van der Waals surface area contributed by atoms with Crippen LogP contribution in [0.2, 0.25) is 0 Å².